The number of nitrogens with two attached hydrogens (primary N) is 1. The summed E-state index contributed by atoms with van der Waals surface area (Å²) in [6.45, 7) is 0.688. The standard InChI is InChI=1S/C16H17FN2O2/c1-19-9-12-4-2-3-5-15(12)21-10-13-8-11(16(18)20)6-7-14(13)17/h2-8,19H,9-10H2,1H3,(H2,18,20). The molecule has 2 aromatic carbocycles. The number of benzene rings is 2. The van der Waals surface area contributed by atoms with Crippen molar-refractivity contribution >= 4 is 5.91 Å². The number of para-hydroxylation sites is 1. The lowest BCUT2D eigenvalue weighted by Crippen LogP contribution is -2.12. The summed E-state index contributed by atoms with van der Waals surface area (Å²) in [6, 6.07) is 11.5. The van der Waals surface area contributed by atoms with Crippen LogP contribution >= 0.6 is 0 Å². The minimum absolute atomic E-state index is 0.0354. The van der Waals surface area contributed by atoms with Crippen molar-refractivity contribution in [2.75, 3.05) is 7.05 Å². The fourth-order valence-corrected chi connectivity index (χ4v) is 1.98. The second-order valence-electron chi connectivity index (χ2n) is 4.60. The Balaban J connectivity index is 2.16. The molecule has 0 atom stereocenters. The Kier molecular flexibility index (Phi) is 4.90. The van der Waals surface area contributed by atoms with Crippen LogP contribution in [0.3, 0.4) is 0 Å². The summed E-state index contributed by atoms with van der Waals surface area (Å²) in [7, 11) is 1.84. The molecule has 21 heavy (non-hydrogen) atoms. The molecule has 0 saturated carbocycles. The number of rotatable bonds is 6. The van der Waals surface area contributed by atoms with Crippen molar-refractivity contribution in [3.05, 3.63) is 65.0 Å². The maximum Gasteiger partial charge on any atom is 0.248 e. The van der Waals surface area contributed by atoms with Crippen LogP contribution < -0.4 is 15.8 Å². The van der Waals surface area contributed by atoms with Crippen molar-refractivity contribution in [1.29, 1.82) is 0 Å². The largest absolute Gasteiger partial charge is 0.488 e. The van der Waals surface area contributed by atoms with Crippen molar-refractivity contribution in [2.24, 2.45) is 5.73 Å². The summed E-state index contributed by atoms with van der Waals surface area (Å²) in [4.78, 5) is 11.1. The minimum Gasteiger partial charge on any atom is -0.488 e. The van der Waals surface area contributed by atoms with E-state index in [2.05, 4.69) is 5.32 Å². The highest BCUT2D eigenvalue weighted by molar-refractivity contribution is 5.92. The SMILES string of the molecule is CNCc1ccccc1OCc1cc(C(N)=O)ccc1F. The van der Waals surface area contributed by atoms with E-state index in [-0.39, 0.29) is 12.2 Å². The first-order valence-electron chi connectivity index (χ1n) is 6.55. The maximum atomic E-state index is 13.7. The molecule has 0 aromatic heterocycles. The van der Waals surface area contributed by atoms with Crippen molar-refractivity contribution in [3.63, 3.8) is 0 Å². The Bertz CT molecular complexity index is 644. The Labute approximate surface area is 122 Å². The van der Waals surface area contributed by atoms with Crippen LogP contribution in [0, 0.1) is 5.82 Å². The van der Waals surface area contributed by atoms with E-state index in [1.165, 1.54) is 18.2 Å². The molecule has 2 aromatic rings. The van der Waals surface area contributed by atoms with Crippen LogP contribution in [0.2, 0.25) is 0 Å². The van der Waals surface area contributed by atoms with E-state index in [9.17, 15) is 9.18 Å². The van der Waals surface area contributed by atoms with Gasteiger partial charge in [0.25, 0.3) is 0 Å². The summed E-state index contributed by atoms with van der Waals surface area (Å²) < 4.78 is 19.4. The average Bonchev–Trinajstić information content (AvgIpc) is 2.48. The molecule has 0 radical (unpaired) electrons. The lowest BCUT2D eigenvalue weighted by molar-refractivity contribution is 0.1000. The molecule has 0 aliphatic rings. The predicted molar refractivity (Wildman–Crippen MR) is 78.5 cm³/mol. The Hall–Kier alpha value is -2.40. The molecule has 0 unspecified atom stereocenters. The quantitative estimate of drug-likeness (QED) is 0.856. The first-order valence-corrected chi connectivity index (χ1v) is 6.55. The molecule has 0 aliphatic heterocycles. The van der Waals surface area contributed by atoms with Gasteiger partial charge in [0.15, 0.2) is 0 Å². The second kappa shape index (κ2) is 6.85. The Morgan fingerprint density at radius 2 is 2.00 bits per heavy atom. The fraction of sp³-hybridized carbons (Fsp3) is 0.188. The van der Waals surface area contributed by atoms with Crippen LogP contribution in [0.25, 0.3) is 0 Å². The van der Waals surface area contributed by atoms with Gasteiger partial charge < -0.3 is 15.8 Å². The Morgan fingerprint density at radius 1 is 1.24 bits per heavy atom. The second-order valence-corrected chi connectivity index (χ2v) is 4.60. The first-order chi connectivity index (χ1) is 10.1. The van der Waals surface area contributed by atoms with Gasteiger partial charge in [0, 0.05) is 23.2 Å². The number of primary amides is 1. The number of halogens is 1. The van der Waals surface area contributed by atoms with Gasteiger partial charge in [0.1, 0.15) is 18.2 Å². The number of hydrogen-bond acceptors (Lipinski definition) is 3. The number of nitrogens with one attached hydrogen (secondary N) is 1. The zero-order chi connectivity index (χ0) is 15.2. The molecule has 0 heterocycles. The van der Waals surface area contributed by atoms with Gasteiger partial charge in [-0.15, -0.1) is 0 Å². The molecule has 3 N–H and O–H groups in total. The van der Waals surface area contributed by atoms with E-state index in [1.54, 1.807) is 0 Å². The minimum atomic E-state index is -0.591. The van der Waals surface area contributed by atoms with Crippen LogP contribution in [0.1, 0.15) is 21.5 Å². The molecular formula is C16H17FN2O2. The van der Waals surface area contributed by atoms with Gasteiger partial charge in [-0.25, -0.2) is 4.39 Å². The summed E-state index contributed by atoms with van der Waals surface area (Å²) in [5.41, 5.74) is 6.73. The van der Waals surface area contributed by atoms with Crippen LogP contribution in [-0.4, -0.2) is 13.0 Å². The van der Waals surface area contributed by atoms with Crippen molar-refractivity contribution in [2.45, 2.75) is 13.2 Å². The van der Waals surface area contributed by atoms with Gasteiger partial charge >= 0.3 is 0 Å². The van der Waals surface area contributed by atoms with Crippen molar-refractivity contribution in [3.8, 4) is 5.75 Å². The molecule has 0 saturated heterocycles. The van der Waals surface area contributed by atoms with Crippen LogP contribution in [-0.2, 0) is 13.2 Å². The molecular weight excluding hydrogens is 271 g/mol. The molecule has 1 amide bonds. The maximum absolute atomic E-state index is 13.7. The van der Waals surface area contributed by atoms with Gasteiger partial charge in [-0.3, -0.25) is 4.79 Å². The lowest BCUT2D eigenvalue weighted by atomic mass is 10.1. The number of ether oxygens (including phenoxy) is 1. The van der Waals surface area contributed by atoms with Crippen LogP contribution in [0.15, 0.2) is 42.5 Å². The summed E-state index contributed by atoms with van der Waals surface area (Å²) in [5.74, 6) is -0.339. The third-order valence-electron chi connectivity index (χ3n) is 3.05. The van der Waals surface area contributed by atoms with E-state index in [0.717, 1.165) is 5.56 Å². The number of hydrogen-bond donors (Lipinski definition) is 2. The molecule has 0 fully saturated rings. The highest BCUT2D eigenvalue weighted by atomic mass is 19.1. The molecule has 2 rings (SSSR count). The van der Waals surface area contributed by atoms with Gasteiger partial charge in [-0.2, -0.15) is 0 Å². The number of amides is 1. The normalized spacial score (nSPS) is 10.4. The smallest absolute Gasteiger partial charge is 0.248 e. The first kappa shape index (κ1) is 15.0. The van der Waals surface area contributed by atoms with Crippen molar-refractivity contribution < 1.29 is 13.9 Å². The number of carbonyl (C=O) groups is 1. The highest BCUT2D eigenvalue weighted by Gasteiger charge is 2.09. The van der Waals surface area contributed by atoms with E-state index in [1.807, 2.05) is 31.3 Å². The van der Waals surface area contributed by atoms with E-state index in [0.29, 0.717) is 17.9 Å². The summed E-state index contributed by atoms with van der Waals surface area (Å²) >= 11 is 0. The van der Waals surface area contributed by atoms with Crippen molar-refractivity contribution in [1.82, 2.24) is 5.32 Å². The topological polar surface area (TPSA) is 64.3 Å². The van der Waals surface area contributed by atoms with Gasteiger partial charge in [-0.05, 0) is 31.3 Å². The van der Waals surface area contributed by atoms with E-state index < -0.39 is 11.7 Å². The van der Waals surface area contributed by atoms with E-state index >= 15 is 0 Å². The van der Waals surface area contributed by atoms with Crippen LogP contribution in [0.5, 0.6) is 5.75 Å². The molecule has 0 aliphatic carbocycles. The highest BCUT2D eigenvalue weighted by Crippen LogP contribution is 2.20. The molecule has 110 valence electrons. The Morgan fingerprint density at radius 3 is 2.71 bits per heavy atom. The molecule has 4 nitrogen and oxygen atoms in total. The lowest BCUT2D eigenvalue weighted by Gasteiger charge is -2.12. The van der Waals surface area contributed by atoms with Gasteiger partial charge in [0.05, 0.1) is 0 Å². The predicted octanol–water partition coefficient (Wildman–Crippen LogP) is 2.22. The molecule has 0 bridgehead atoms. The van der Waals surface area contributed by atoms with Crippen LogP contribution in [0.4, 0.5) is 4.39 Å². The third-order valence-corrected chi connectivity index (χ3v) is 3.05. The zero-order valence-electron chi connectivity index (χ0n) is 11.7. The zero-order valence-corrected chi connectivity index (χ0v) is 11.7. The fourth-order valence-electron chi connectivity index (χ4n) is 1.98. The number of carbonyl (C=O) groups excluding carboxylic acids is 1. The monoisotopic (exact) mass is 288 g/mol. The summed E-state index contributed by atoms with van der Waals surface area (Å²) in [5, 5.41) is 3.04. The van der Waals surface area contributed by atoms with Gasteiger partial charge in [-0.1, -0.05) is 18.2 Å². The molecule has 0 spiro atoms. The van der Waals surface area contributed by atoms with Gasteiger partial charge in [0.2, 0.25) is 5.91 Å². The molecule has 5 heteroatoms. The third kappa shape index (κ3) is 3.79. The van der Waals surface area contributed by atoms with E-state index in [4.69, 9.17) is 10.5 Å². The average molecular weight is 288 g/mol. The summed E-state index contributed by atoms with van der Waals surface area (Å²) in [6.07, 6.45) is 0.